The first-order valence-corrected chi connectivity index (χ1v) is 12.5. The van der Waals surface area contributed by atoms with E-state index in [4.69, 9.17) is 9.47 Å². The summed E-state index contributed by atoms with van der Waals surface area (Å²) in [6.07, 6.45) is 2.62. The molecule has 5 aromatic rings. The normalized spacial score (nSPS) is 11.5. The van der Waals surface area contributed by atoms with Crippen molar-refractivity contribution in [2.45, 2.75) is 11.8 Å². The molecule has 2 heterocycles. The molecule has 3 aromatic carbocycles. The molecule has 0 unspecified atom stereocenters. The van der Waals surface area contributed by atoms with Gasteiger partial charge in [0.2, 0.25) is 0 Å². The lowest BCUT2D eigenvalue weighted by Crippen LogP contribution is -2.13. The summed E-state index contributed by atoms with van der Waals surface area (Å²) in [5.41, 5.74) is 3.40. The Morgan fingerprint density at radius 2 is 1.76 bits per heavy atom. The van der Waals surface area contributed by atoms with Gasteiger partial charge in [-0.25, -0.2) is 22.8 Å². The van der Waals surface area contributed by atoms with Crippen molar-refractivity contribution < 1.29 is 26.8 Å². The number of methoxy groups -OCH3 is 2. The molecule has 0 bridgehead atoms. The second kappa shape index (κ2) is 9.51. The quantitative estimate of drug-likeness (QED) is 0.311. The van der Waals surface area contributed by atoms with Gasteiger partial charge in [0, 0.05) is 22.6 Å². The first-order chi connectivity index (χ1) is 17.8. The van der Waals surface area contributed by atoms with Gasteiger partial charge in [0.1, 0.15) is 29.9 Å². The van der Waals surface area contributed by atoms with Gasteiger partial charge in [0.05, 0.1) is 30.3 Å². The first kappa shape index (κ1) is 24.2. The molecule has 0 aliphatic heterocycles. The zero-order valence-electron chi connectivity index (χ0n) is 20.0. The second-order valence-electron chi connectivity index (χ2n) is 8.10. The predicted molar refractivity (Wildman–Crippen MR) is 136 cm³/mol. The Bertz CT molecular complexity index is 1720. The largest absolute Gasteiger partial charge is 0.497 e. The molecular weight excluding hydrogens is 499 g/mol. The summed E-state index contributed by atoms with van der Waals surface area (Å²) in [4.78, 5) is 8.72. The third-order valence-electron chi connectivity index (χ3n) is 5.86. The minimum absolute atomic E-state index is 0.000330. The number of aryl methyl sites for hydroxylation is 1. The van der Waals surface area contributed by atoms with Gasteiger partial charge in [-0.2, -0.15) is 0 Å². The molecule has 0 aliphatic carbocycles. The second-order valence-corrected chi connectivity index (χ2v) is 9.79. The third kappa shape index (κ3) is 4.56. The summed E-state index contributed by atoms with van der Waals surface area (Å²) in [7, 11) is -0.881. The van der Waals surface area contributed by atoms with E-state index in [1.807, 2.05) is 13.0 Å². The van der Waals surface area contributed by atoms with Crippen LogP contribution in [0.3, 0.4) is 0 Å². The smallest absolute Gasteiger partial charge is 0.263 e. The van der Waals surface area contributed by atoms with E-state index >= 15 is 0 Å². The summed E-state index contributed by atoms with van der Waals surface area (Å²) in [6, 6.07) is 14.1. The Hall–Kier alpha value is -4.51. The number of hydrogen-bond donors (Lipinski definition) is 1. The maximum atomic E-state index is 14.7. The standard InChI is InChI=1S/C26H21FN4O5S/c1-15-10-21(24(35-3)13-19(15)20-11-16(34-2)4-7-22(20)27)26-18-6-5-17(12-23(18)28-14-29-26)37(32,33)31-25-8-9-36-30-25/h4-14H,1-3H3,(H,30,31). The van der Waals surface area contributed by atoms with E-state index < -0.39 is 10.0 Å². The zero-order chi connectivity index (χ0) is 26.2. The minimum atomic E-state index is -3.92. The number of nitrogens with zero attached hydrogens (tertiary/aromatic N) is 3. The topological polar surface area (TPSA) is 116 Å². The SMILES string of the molecule is COc1ccc(F)c(-c2cc(OC)c(-c3ncnc4cc(S(=O)(=O)Nc5ccon5)ccc34)cc2C)c1. The van der Waals surface area contributed by atoms with Gasteiger partial charge < -0.3 is 14.0 Å². The van der Waals surface area contributed by atoms with E-state index in [2.05, 4.69) is 24.4 Å². The number of rotatable bonds is 7. The van der Waals surface area contributed by atoms with E-state index in [1.165, 1.54) is 51.1 Å². The predicted octanol–water partition coefficient (Wildman–Crippen LogP) is 5.22. The van der Waals surface area contributed by atoms with Gasteiger partial charge >= 0.3 is 0 Å². The highest BCUT2D eigenvalue weighted by Crippen LogP contribution is 2.40. The third-order valence-corrected chi connectivity index (χ3v) is 7.21. The van der Waals surface area contributed by atoms with Gasteiger partial charge in [0.15, 0.2) is 5.82 Å². The highest BCUT2D eigenvalue weighted by atomic mass is 32.2. The molecule has 0 atom stereocenters. The van der Waals surface area contributed by atoms with Crippen molar-refractivity contribution in [1.82, 2.24) is 15.1 Å². The summed E-state index contributed by atoms with van der Waals surface area (Å²) in [5, 5.41) is 4.19. The van der Waals surface area contributed by atoms with Crippen molar-refractivity contribution in [2.24, 2.45) is 0 Å². The fourth-order valence-electron chi connectivity index (χ4n) is 4.05. The maximum Gasteiger partial charge on any atom is 0.263 e. The van der Waals surface area contributed by atoms with Crippen molar-refractivity contribution in [3.05, 3.63) is 78.6 Å². The molecule has 0 aliphatic rings. The lowest BCUT2D eigenvalue weighted by atomic mass is 9.95. The molecule has 188 valence electrons. The van der Waals surface area contributed by atoms with Crippen LogP contribution in [0.5, 0.6) is 11.5 Å². The molecule has 0 saturated carbocycles. The van der Waals surface area contributed by atoms with Gasteiger partial charge in [-0.15, -0.1) is 0 Å². The molecule has 0 saturated heterocycles. The molecule has 0 amide bonds. The van der Waals surface area contributed by atoms with Crippen molar-refractivity contribution in [1.29, 1.82) is 0 Å². The minimum Gasteiger partial charge on any atom is -0.497 e. The number of fused-ring (bicyclic) bond motifs is 1. The van der Waals surface area contributed by atoms with Crippen molar-refractivity contribution in [3.8, 4) is 33.9 Å². The maximum absolute atomic E-state index is 14.7. The Kier molecular flexibility index (Phi) is 6.22. The molecule has 11 heteroatoms. The summed E-state index contributed by atoms with van der Waals surface area (Å²) in [6.45, 7) is 1.86. The van der Waals surface area contributed by atoms with Gasteiger partial charge in [-0.3, -0.25) is 4.72 Å². The fraction of sp³-hybridized carbons (Fsp3) is 0.115. The molecule has 5 rings (SSSR count). The molecule has 0 spiro atoms. The highest BCUT2D eigenvalue weighted by molar-refractivity contribution is 7.92. The van der Waals surface area contributed by atoms with Crippen LogP contribution >= 0.6 is 0 Å². The number of aromatic nitrogens is 3. The fourth-order valence-corrected chi connectivity index (χ4v) is 5.06. The van der Waals surface area contributed by atoms with Crippen LogP contribution in [0, 0.1) is 12.7 Å². The van der Waals surface area contributed by atoms with Crippen LogP contribution in [0.1, 0.15) is 5.56 Å². The van der Waals surface area contributed by atoms with Crippen LogP contribution in [0.15, 0.2) is 76.6 Å². The van der Waals surface area contributed by atoms with E-state index in [1.54, 1.807) is 24.3 Å². The molecule has 0 fully saturated rings. The Balaban J connectivity index is 1.60. The number of anilines is 1. The number of hydrogen-bond acceptors (Lipinski definition) is 8. The van der Waals surface area contributed by atoms with E-state index in [0.717, 1.165) is 5.56 Å². The summed E-state index contributed by atoms with van der Waals surface area (Å²) >= 11 is 0. The molecule has 1 N–H and O–H groups in total. The Morgan fingerprint density at radius 1 is 0.919 bits per heavy atom. The number of halogens is 1. The lowest BCUT2D eigenvalue weighted by molar-refractivity contribution is 0.413. The lowest BCUT2D eigenvalue weighted by Gasteiger charge is -2.16. The number of nitrogens with one attached hydrogen (secondary N) is 1. The van der Waals surface area contributed by atoms with Crippen molar-refractivity contribution in [2.75, 3.05) is 18.9 Å². The van der Waals surface area contributed by atoms with Crippen LogP contribution < -0.4 is 14.2 Å². The van der Waals surface area contributed by atoms with E-state index in [0.29, 0.717) is 44.8 Å². The van der Waals surface area contributed by atoms with Gasteiger partial charge in [-0.1, -0.05) is 5.16 Å². The monoisotopic (exact) mass is 520 g/mol. The summed E-state index contributed by atoms with van der Waals surface area (Å²) in [5.74, 6) is 0.673. The molecule has 0 radical (unpaired) electrons. The van der Waals surface area contributed by atoms with Crippen LogP contribution in [0.4, 0.5) is 10.2 Å². The average Bonchev–Trinajstić information content (AvgIpc) is 3.40. The Labute approximate surface area is 211 Å². The Morgan fingerprint density at radius 3 is 2.49 bits per heavy atom. The van der Waals surface area contributed by atoms with E-state index in [9.17, 15) is 12.8 Å². The molecule has 2 aromatic heterocycles. The van der Waals surface area contributed by atoms with Crippen LogP contribution in [-0.4, -0.2) is 37.8 Å². The highest BCUT2D eigenvalue weighted by Gasteiger charge is 2.20. The van der Waals surface area contributed by atoms with E-state index in [-0.39, 0.29) is 16.5 Å². The van der Waals surface area contributed by atoms with Crippen LogP contribution in [0.2, 0.25) is 0 Å². The average molecular weight is 521 g/mol. The van der Waals surface area contributed by atoms with Crippen molar-refractivity contribution >= 4 is 26.7 Å². The zero-order valence-corrected chi connectivity index (χ0v) is 20.8. The first-order valence-electron chi connectivity index (χ1n) is 11.0. The molecule has 37 heavy (non-hydrogen) atoms. The molecular formula is C26H21FN4O5S. The summed E-state index contributed by atoms with van der Waals surface area (Å²) < 4.78 is 58.3. The van der Waals surface area contributed by atoms with Crippen LogP contribution in [0.25, 0.3) is 33.3 Å². The number of sulfonamides is 1. The van der Waals surface area contributed by atoms with Crippen molar-refractivity contribution in [3.63, 3.8) is 0 Å². The van der Waals surface area contributed by atoms with Gasteiger partial charge in [0.25, 0.3) is 10.0 Å². The van der Waals surface area contributed by atoms with Gasteiger partial charge in [-0.05, 0) is 66.6 Å². The van der Waals surface area contributed by atoms with Crippen LogP contribution in [-0.2, 0) is 10.0 Å². The number of benzene rings is 3. The molecule has 9 nitrogen and oxygen atoms in total. The number of ether oxygens (including phenoxy) is 2.